The third kappa shape index (κ3) is 5.52. The minimum Gasteiger partial charge on any atom is -0.350 e. The average molecular weight is 494 g/mol. The fraction of sp³-hybridized carbons (Fsp3) is 0.160. The molecule has 0 saturated heterocycles. The van der Waals surface area contributed by atoms with Gasteiger partial charge in [0.25, 0.3) is 11.5 Å². The maximum Gasteiger partial charge on any atom is 0.352 e. The van der Waals surface area contributed by atoms with E-state index in [0.29, 0.717) is 22.6 Å². The molecule has 8 nitrogen and oxygen atoms in total. The van der Waals surface area contributed by atoms with Gasteiger partial charge in [-0.15, -0.1) is 0 Å². The smallest absolute Gasteiger partial charge is 0.350 e. The van der Waals surface area contributed by atoms with Gasteiger partial charge in [-0.05, 0) is 48.4 Å². The van der Waals surface area contributed by atoms with E-state index in [9.17, 15) is 18.8 Å². The molecule has 2 aromatic heterocycles. The number of hydrogen-bond acceptors (Lipinski definition) is 5. The Morgan fingerprint density at radius 1 is 1.09 bits per heavy atom. The van der Waals surface area contributed by atoms with Gasteiger partial charge in [-0.1, -0.05) is 35.9 Å². The highest BCUT2D eigenvalue weighted by Gasteiger charge is 2.21. The maximum absolute atomic E-state index is 14.2. The molecule has 10 heteroatoms. The van der Waals surface area contributed by atoms with Crippen LogP contribution in [0.5, 0.6) is 0 Å². The first-order chi connectivity index (χ1) is 16.8. The summed E-state index contributed by atoms with van der Waals surface area (Å²) < 4.78 is 16.0. The summed E-state index contributed by atoms with van der Waals surface area (Å²) in [5.74, 6) is -1.31. The summed E-state index contributed by atoms with van der Waals surface area (Å²) in [7, 11) is 0. The largest absolute Gasteiger partial charge is 0.352 e. The van der Waals surface area contributed by atoms with Crippen LogP contribution in [0.25, 0.3) is 5.69 Å². The van der Waals surface area contributed by atoms with Crippen LogP contribution < -0.4 is 16.6 Å². The van der Waals surface area contributed by atoms with Crippen molar-refractivity contribution in [2.75, 3.05) is 6.54 Å². The van der Waals surface area contributed by atoms with Gasteiger partial charge in [0.05, 0.1) is 12.2 Å². The van der Waals surface area contributed by atoms with E-state index in [2.05, 4.69) is 15.4 Å². The van der Waals surface area contributed by atoms with Crippen LogP contribution in [0.1, 0.15) is 27.3 Å². The van der Waals surface area contributed by atoms with E-state index in [4.69, 9.17) is 11.6 Å². The lowest BCUT2D eigenvalue weighted by Crippen LogP contribution is -2.46. The number of pyridine rings is 1. The van der Waals surface area contributed by atoms with E-state index in [1.165, 1.54) is 12.1 Å². The quantitative estimate of drug-likeness (QED) is 0.427. The Morgan fingerprint density at radius 3 is 2.63 bits per heavy atom. The minimum atomic E-state index is -0.867. The topological polar surface area (TPSA) is 98.9 Å². The fourth-order valence-corrected chi connectivity index (χ4v) is 3.64. The summed E-state index contributed by atoms with van der Waals surface area (Å²) in [6.45, 7) is 1.63. The van der Waals surface area contributed by atoms with Crippen molar-refractivity contribution in [3.8, 4) is 5.69 Å². The first-order valence-corrected chi connectivity index (χ1v) is 11.1. The van der Waals surface area contributed by atoms with Gasteiger partial charge in [-0.2, -0.15) is 9.78 Å². The molecular weight excluding hydrogens is 473 g/mol. The predicted molar refractivity (Wildman–Crippen MR) is 130 cm³/mol. The molecule has 0 aliphatic carbocycles. The summed E-state index contributed by atoms with van der Waals surface area (Å²) >= 11 is 6.05. The summed E-state index contributed by atoms with van der Waals surface area (Å²) in [6.07, 6.45) is 2.08. The minimum absolute atomic E-state index is 0.0838. The van der Waals surface area contributed by atoms with Gasteiger partial charge >= 0.3 is 5.69 Å². The van der Waals surface area contributed by atoms with E-state index in [-0.39, 0.29) is 18.8 Å². The Balaban J connectivity index is 1.74. The van der Waals surface area contributed by atoms with Crippen molar-refractivity contribution in [2.24, 2.45) is 0 Å². The molecule has 178 valence electrons. The van der Waals surface area contributed by atoms with Gasteiger partial charge in [-0.3, -0.25) is 19.1 Å². The first kappa shape index (κ1) is 24.0. The summed E-state index contributed by atoms with van der Waals surface area (Å²) in [5, 5.41) is 7.08. The zero-order valence-corrected chi connectivity index (χ0v) is 19.5. The molecular formula is C25H21ClFN5O3. The zero-order chi connectivity index (χ0) is 24.9. The normalized spacial score (nSPS) is 10.8. The number of nitrogens with one attached hydrogen (secondary N) is 1. The monoisotopic (exact) mass is 493 g/mol. The highest BCUT2D eigenvalue weighted by Crippen LogP contribution is 2.13. The molecule has 1 N–H and O–H groups in total. The average Bonchev–Trinajstić information content (AvgIpc) is 2.84. The van der Waals surface area contributed by atoms with Gasteiger partial charge in [-0.25, -0.2) is 9.18 Å². The van der Waals surface area contributed by atoms with Crippen LogP contribution in [0.15, 0.2) is 76.4 Å². The Morgan fingerprint density at radius 2 is 1.91 bits per heavy atom. The van der Waals surface area contributed by atoms with Crippen molar-refractivity contribution in [3.63, 3.8) is 0 Å². The maximum atomic E-state index is 14.2. The number of rotatable bonds is 7. The first-order valence-electron chi connectivity index (χ1n) is 10.8. The summed E-state index contributed by atoms with van der Waals surface area (Å²) in [4.78, 5) is 43.5. The second kappa shape index (κ2) is 10.4. The van der Waals surface area contributed by atoms with Crippen LogP contribution in [0, 0.1) is 12.7 Å². The zero-order valence-electron chi connectivity index (χ0n) is 18.7. The fourth-order valence-electron chi connectivity index (χ4n) is 3.43. The highest BCUT2D eigenvalue weighted by atomic mass is 35.5. The molecule has 0 spiro atoms. The lowest BCUT2D eigenvalue weighted by atomic mass is 10.2. The van der Waals surface area contributed by atoms with Gasteiger partial charge in [0.1, 0.15) is 5.82 Å². The SMILES string of the molecule is Cc1ccc(-n2nc(C(=O)NCCc3ccccn3)c(=O)n(Cc3cccc(Cl)c3)c2=O)cc1F. The Kier molecular flexibility index (Phi) is 7.17. The molecule has 0 fully saturated rings. The molecule has 2 heterocycles. The predicted octanol–water partition coefficient (Wildman–Crippen LogP) is 2.91. The Labute approximate surface area is 204 Å². The van der Waals surface area contributed by atoms with E-state index >= 15 is 0 Å². The number of carbonyl (C=O) groups excluding carboxylic acids is 1. The van der Waals surface area contributed by atoms with E-state index in [1.54, 1.807) is 43.5 Å². The molecule has 0 atom stereocenters. The number of aromatic nitrogens is 4. The molecule has 4 aromatic rings. The number of carbonyl (C=O) groups is 1. The molecule has 0 aliphatic heterocycles. The van der Waals surface area contributed by atoms with Crippen LogP contribution in [0.4, 0.5) is 4.39 Å². The molecule has 0 bridgehead atoms. The number of benzene rings is 2. The molecule has 1 amide bonds. The number of aryl methyl sites for hydroxylation is 1. The lowest BCUT2D eigenvalue weighted by Gasteiger charge is -2.13. The van der Waals surface area contributed by atoms with Gasteiger partial charge < -0.3 is 5.32 Å². The molecule has 0 unspecified atom stereocenters. The number of amides is 1. The summed E-state index contributed by atoms with van der Waals surface area (Å²) in [6, 6.07) is 16.2. The van der Waals surface area contributed by atoms with Gasteiger partial charge in [0, 0.05) is 35.9 Å². The molecule has 0 saturated carbocycles. The van der Waals surface area contributed by atoms with Crippen LogP contribution in [0.2, 0.25) is 5.02 Å². The lowest BCUT2D eigenvalue weighted by molar-refractivity contribution is 0.0944. The van der Waals surface area contributed by atoms with E-state index < -0.39 is 28.7 Å². The van der Waals surface area contributed by atoms with Crippen molar-refractivity contribution < 1.29 is 9.18 Å². The molecule has 35 heavy (non-hydrogen) atoms. The standard InChI is InChI=1S/C25H21ClFN5O3/c1-16-8-9-20(14-21(16)27)32-25(35)31(15-17-5-4-6-18(26)13-17)24(34)22(30-32)23(33)29-12-10-19-7-2-3-11-28-19/h2-9,11,13-14H,10,12,15H2,1H3,(H,29,33). The van der Waals surface area contributed by atoms with Crippen molar-refractivity contribution in [3.05, 3.63) is 121 Å². The highest BCUT2D eigenvalue weighted by molar-refractivity contribution is 6.30. The Bertz CT molecular complexity index is 1500. The molecule has 0 radical (unpaired) electrons. The number of hydrogen-bond donors (Lipinski definition) is 1. The van der Waals surface area contributed by atoms with E-state index in [1.807, 2.05) is 12.1 Å². The van der Waals surface area contributed by atoms with Crippen molar-refractivity contribution in [1.82, 2.24) is 24.6 Å². The molecule has 2 aromatic carbocycles. The van der Waals surface area contributed by atoms with Crippen LogP contribution in [-0.2, 0) is 13.0 Å². The summed E-state index contributed by atoms with van der Waals surface area (Å²) in [5.41, 5.74) is -0.377. The second-order valence-electron chi connectivity index (χ2n) is 7.82. The third-order valence-electron chi connectivity index (χ3n) is 5.30. The van der Waals surface area contributed by atoms with Crippen LogP contribution >= 0.6 is 11.6 Å². The van der Waals surface area contributed by atoms with Crippen LogP contribution in [0.3, 0.4) is 0 Å². The molecule has 4 rings (SSSR count). The van der Waals surface area contributed by atoms with E-state index in [0.717, 1.165) is 21.0 Å². The third-order valence-corrected chi connectivity index (χ3v) is 5.53. The van der Waals surface area contributed by atoms with Crippen molar-refractivity contribution in [1.29, 1.82) is 0 Å². The van der Waals surface area contributed by atoms with Crippen LogP contribution in [-0.4, -0.2) is 31.8 Å². The molecule has 0 aliphatic rings. The van der Waals surface area contributed by atoms with Gasteiger partial charge in [0.15, 0.2) is 0 Å². The number of nitrogens with zero attached hydrogens (tertiary/aromatic N) is 4. The van der Waals surface area contributed by atoms with Gasteiger partial charge in [0.2, 0.25) is 5.69 Å². The number of halogens is 2. The van der Waals surface area contributed by atoms with Crippen molar-refractivity contribution in [2.45, 2.75) is 19.9 Å². The Hall–Kier alpha value is -4.11. The second-order valence-corrected chi connectivity index (χ2v) is 8.26. The van der Waals surface area contributed by atoms with Crippen molar-refractivity contribution >= 4 is 17.5 Å².